The Bertz CT molecular complexity index is 529. The zero-order chi connectivity index (χ0) is 13.0. The second kappa shape index (κ2) is 5.58. The normalized spacial score (nSPS) is 10.6. The highest BCUT2D eigenvalue weighted by molar-refractivity contribution is 5.85. The molecule has 0 atom stereocenters. The average Bonchev–Trinajstić information content (AvgIpc) is 2.86. The summed E-state index contributed by atoms with van der Waals surface area (Å²) in [7, 11) is 0. The third kappa shape index (κ3) is 2.47. The molecule has 0 saturated carbocycles. The number of likely N-dealkylation sites (N-methyl/N-ethyl adjacent to an activating group) is 1. The molecular formula is C14H17N2O2. The third-order valence-corrected chi connectivity index (χ3v) is 2.94. The van der Waals surface area contributed by atoms with Crippen LogP contribution in [0.15, 0.2) is 24.4 Å². The molecule has 0 unspecified atom stereocenters. The molecule has 0 saturated heterocycles. The molecule has 1 heterocycles. The number of benzene rings is 1. The summed E-state index contributed by atoms with van der Waals surface area (Å²) in [6.45, 7) is 5.41. The first kappa shape index (κ1) is 12.5. The van der Waals surface area contributed by atoms with Gasteiger partial charge in [-0.15, -0.1) is 0 Å². The largest absolute Gasteiger partial charge is 0.482 e. The first-order valence-corrected chi connectivity index (χ1v) is 6.14. The molecule has 1 N–H and O–H groups in total. The van der Waals surface area contributed by atoms with E-state index in [-0.39, 0.29) is 12.5 Å². The molecule has 4 nitrogen and oxygen atoms in total. The van der Waals surface area contributed by atoms with Gasteiger partial charge in [-0.05, 0) is 19.9 Å². The molecule has 0 aliphatic heterocycles. The number of amides is 1. The van der Waals surface area contributed by atoms with Gasteiger partial charge in [0.05, 0.1) is 5.52 Å². The number of hydrogen-bond donors (Lipinski definition) is 1. The first-order chi connectivity index (χ1) is 8.76. The molecule has 1 amide bonds. The summed E-state index contributed by atoms with van der Waals surface area (Å²) in [5, 5.41) is 0.961. The molecule has 0 spiro atoms. The lowest BCUT2D eigenvalue weighted by molar-refractivity contribution is -0.132. The van der Waals surface area contributed by atoms with Crippen LogP contribution in [0.2, 0.25) is 0 Å². The van der Waals surface area contributed by atoms with Crippen molar-refractivity contribution in [2.75, 3.05) is 19.7 Å². The second-order valence-electron chi connectivity index (χ2n) is 3.97. The van der Waals surface area contributed by atoms with Crippen molar-refractivity contribution in [3.8, 4) is 5.75 Å². The minimum Gasteiger partial charge on any atom is -0.482 e. The number of aromatic amines is 1. The lowest BCUT2D eigenvalue weighted by atomic mass is 10.2. The number of carbonyl (C=O) groups excluding carboxylic acids is 1. The Morgan fingerprint density at radius 3 is 2.89 bits per heavy atom. The lowest BCUT2D eigenvalue weighted by Crippen LogP contribution is -2.34. The van der Waals surface area contributed by atoms with Gasteiger partial charge in [-0.2, -0.15) is 0 Å². The fourth-order valence-electron chi connectivity index (χ4n) is 1.91. The van der Waals surface area contributed by atoms with Gasteiger partial charge < -0.3 is 14.6 Å². The van der Waals surface area contributed by atoms with Crippen LogP contribution in [0.25, 0.3) is 10.9 Å². The highest BCUT2D eigenvalue weighted by Gasteiger charge is 2.11. The SMILES string of the molecule is CCN(CC)C(=O)COc1cccc2[c]c[nH]c12. The summed E-state index contributed by atoms with van der Waals surface area (Å²) in [5.41, 5.74) is 0.879. The fourth-order valence-corrected chi connectivity index (χ4v) is 1.91. The van der Waals surface area contributed by atoms with Crippen molar-refractivity contribution in [1.29, 1.82) is 0 Å². The van der Waals surface area contributed by atoms with E-state index in [0.29, 0.717) is 18.8 Å². The quantitative estimate of drug-likeness (QED) is 0.877. The number of nitrogens with zero attached hydrogens (tertiary/aromatic N) is 1. The molecule has 1 aromatic carbocycles. The highest BCUT2D eigenvalue weighted by Crippen LogP contribution is 2.23. The van der Waals surface area contributed by atoms with Crippen LogP contribution >= 0.6 is 0 Å². The van der Waals surface area contributed by atoms with Crippen LogP contribution in [0.1, 0.15) is 13.8 Å². The number of nitrogens with one attached hydrogen (secondary N) is 1. The van der Waals surface area contributed by atoms with E-state index in [2.05, 4.69) is 11.1 Å². The number of aromatic nitrogens is 1. The number of fused-ring (bicyclic) bond motifs is 1. The molecule has 0 fully saturated rings. The van der Waals surface area contributed by atoms with Gasteiger partial charge in [0.1, 0.15) is 5.75 Å². The maximum absolute atomic E-state index is 11.8. The molecular weight excluding hydrogens is 228 g/mol. The Balaban J connectivity index is 2.06. The molecule has 4 heteroatoms. The minimum absolute atomic E-state index is 0.00698. The number of rotatable bonds is 5. The van der Waals surface area contributed by atoms with Crippen LogP contribution < -0.4 is 4.74 Å². The summed E-state index contributed by atoms with van der Waals surface area (Å²) >= 11 is 0. The molecule has 2 aromatic rings. The molecule has 1 radical (unpaired) electrons. The van der Waals surface area contributed by atoms with Crippen molar-refractivity contribution in [2.24, 2.45) is 0 Å². The predicted molar refractivity (Wildman–Crippen MR) is 70.6 cm³/mol. The van der Waals surface area contributed by atoms with Crippen molar-refractivity contribution in [1.82, 2.24) is 9.88 Å². The van der Waals surface area contributed by atoms with Gasteiger partial charge in [0.2, 0.25) is 0 Å². The summed E-state index contributed by atoms with van der Waals surface area (Å²) in [6, 6.07) is 8.75. The molecule has 1 aromatic heterocycles. The number of H-pyrrole nitrogens is 1. The summed E-state index contributed by atoms with van der Waals surface area (Å²) in [4.78, 5) is 16.7. The third-order valence-electron chi connectivity index (χ3n) is 2.94. The van der Waals surface area contributed by atoms with E-state index in [1.165, 1.54) is 0 Å². The Hall–Kier alpha value is -1.97. The monoisotopic (exact) mass is 245 g/mol. The summed E-state index contributed by atoms with van der Waals surface area (Å²) < 4.78 is 5.58. The van der Waals surface area contributed by atoms with Crippen molar-refractivity contribution in [3.05, 3.63) is 30.5 Å². The molecule has 0 aliphatic rings. The van der Waals surface area contributed by atoms with Crippen molar-refractivity contribution in [2.45, 2.75) is 13.8 Å². The summed E-state index contributed by atoms with van der Waals surface area (Å²) in [6.07, 6.45) is 1.74. The van der Waals surface area contributed by atoms with E-state index in [1.807, 2.05) is 32.0 Å². The Morgan fingerprint density at radius 1 is 1.39 bits per heavy atom. The van der Waals surface area contributed by atoms with Gasteiger partial charge in [-0.25, -0.2) is 0 Å². The number of para-hydroxylation sites is 1. The van der Waals surface area contributed by atoms with Gasteiger partial charge in [-0.3, -0.25) is 4.79 Å². The smallest absolute Gasteiger partial charge is 0.260 e. The number of ether oxygens (including phenoxy) is 1. The average molecular weight is 245 g/mol. The van der Waals surface area contributed by atoms with Gasteiger partial charge >= 0.3 is 0 Å². The zero-order valence-electron chi connectivity index (χ0n) is 10.7. The van der Waals surface area contributed by atoms with Crippen LogP contribution in [0.5, 0.6) is 5.75 Å². The first-order valence-electron chi connectivity index (χ1n) is 6.14. The van der Waals surface area contributed by atoms with Gasteiger partial charge in [-0.1, -0.05) is 12.1 Å². The molecule has 0 bridgehead atoms. The Kier molecular flexibility index (Phi) is 3.87. The van der Waals surface area contributed by atoms with E-state index in [9.17, 15) is 4.79 Å². The Morgan fingerprint density at radius 2 is 2.17 bits per heavy atom. The maximum atomic E-state index is 11.8. The van der Waals surface area contributed by atoms with Crippen LogP contribution in [-0.4, -0.2) is 35.5 Å². The van der Waals surface area contributed by atoms with E-state index < -0.39 is 0 Å². The van der Waals surface area contributed by atoms with Gasteiger partial charge in [0, 0.05) is 30.7 Å². The van der Waals surface area contributed by atoms with E-state index in [0.717, 1.165) is 10.9 Å². The summed E-state index contributed by atoms with van der Waals surface area (Å²) in [5.74, 6) is 0.696. The Labute approximate surface area is 107 Å². The standard InChI is InChI=1S/C14H17N2O2/c1-3-16(4-2)13(17)10-18-12-7-5-6-11-8-9-15-14(11)12/h5-7,9,15H,3-4,10H2,1-2H3. The van der Waals surface area contributed by atoms with Gasteiger partial charge in [0.15, 0.2) is 6.61 Å². The predicted octanol–water partition coefficient (Wildman–Crippen LogP) is 2.22. The lowest BCUT2D eigenvalue weighted by Gasteiger charge is -2.18. The van der Waals surface area contributed by atoms with Crippen molar-refractivity contribution in [3.63, 3.8) is 0 Å². The van der Waals surface area contributed by atoms with Crippen LogP contribution in [0.4, 0.5) is 0 Å². The molecule has 0 aliphatic carbocycles. The fraction of sp³-hybridized carbons (Fsp3) is 0.357. The van der Waals surface area contributed by atoms with E-state index in [4.69, 9.17) is 4.74 Å². The molecule has 18 heavy (non-hydrogen) atoms. The van der Waals surface area contributed by atoms with Gasteiger partial charge in [0.25, 0.3) is 5.91 Å². The van der Waals surface area contributed by atoms with E-state index >= 15 is 0 Å². The minimum atomic E-state index is 0.00698. The topological polar surface area (TPSA) is 45.3 Å². The van der Waals surface area contributed by atoms with E-state index in [1.54, 1.807) is 11.1 Å². The van der Waals surface area contributed by atoms with Crippen LogP contribution in [0.3, 0.4) is 0 Å². The maximum Gasteiger partial charge on any atom is 0.260 e. The van der Waals surface area contributed by atoms with Crippen LogP contribution in [0, 0.1) is 6.07 Å². The van der Waals surface area contributed by atoms with Crippen LogP contribution in [-0.2, 0) is 4.79 Å². The second-order valence-corrected chi connectivity index (χ2v) is 3.97. The van der Waals surface area contributed by atoms with Crippen molar-refractivity contribution < 1.29 is 9.53 Å². The number of hydrogen-bond acceptors (Lipinski definition) is 2. The molecule has 95 valence electrons. The highest BCUT2D eigenvalue weighted by atomic mass is 16.5. The number of carbonyl (C=O) groups is 1. The zero-order valence-corrected chi connectivity index (χ0v) is 10.7. The molecule has 2 rings (SSSR count). The van der Waals surface area contributed by atoms with Crippen molar-refractivity contribution >= 4 is 16.8 Å².